The van der Waals surface area contributed by atoms with Crippen LogP contribution in [0, 0.1) is 0 Å². The van der Waals surface area contributed by atoms with Gasteiger partial charge in [0.25, 0.3) is 0 Å². The lowest BCUT2D eigenvalue weighted by atomic mass is 10.1. The lowest BCUT2D eigenvalue weighted by Crippen LogP contribution is -2.39. The highest BCUT2D eigenvalue weighted by Gasteiger charge is 2.11. The second kappa shape index (κ2) is 7.93. The zero-order valence-electron chi connectivity index (χ0n) is 11.3. The Morgan fingerprint density at radius 1 is 1.20 bits per heavy atom. The Bertz CT molecular complexity index is 473. The van der Waals surface area contributed by atoms with E-state index in [0.29, 0.717) is 0 Å². The van der Waals surface area contributed by atoms with Crippen LogP contribution in [0.15, 0.2) is 30.3 Å². The number of rotatable bonds is 7. The van der Waals surface area contributed by atoms with Crippen LogP contribution in [0.25, 0.3) is 0 Å². The number of hydrogen-bond donors (Lipinski definition) is 2. The number of nitrogens with one attached hydrogen (secondary N) is 1. The van der Waals surface area contributed by atoms with Crippen molar-refractivity contribution in [3.05, 3.63) is 35.9 Å². The molecule has 6 nitrogen and oxygen atoms in total. The van der Waals surface area contributed by atoms with Crippen molar-refractivity contribution in [2.45, 2.75) is 12.8 Å². The number of benzene rings is 1. The van der Waals surface area contributed by atoms with Gasteiger partial charge < -0.3 is 15.3 Å². The number of carboxylic acid groups (broad SMARTS) is 1. The first kappa shape index (κ1) is 15.7. The maximum Gasteiger partial charge on any atom is 0.305 e. The van der Waals surface area contributed by atoms with Gasteiger partial charge in [-0.1, -0.05) is 30.3 Å². The van der Waals surface area contributed by atoms with E-state index in [1.54, 1.807) is 0 Å². The van der Waals surface area contributed by atoms with Crippen LogP contribution < -0.4 is 5.32 Å². The zero-order chi connectivity index (χ0) is 15.0. The van der Waals surface area contributed by atoms with Gasteiger partial charge in [-0.05, 0) is 5.56 Å². The summed E-state index contributed by atoms with van der Waals surface area (Å²) in [7, 11) is 1.51. The van der Waals surface area contributed by atoms with Crippen molar-refractivity contribution in [1.29, 1.82) is 0 Å². The molecular weight excluding hydrogens is 260 g/mol. The second-order valence-corrected chi connectivity index (χ2v) is 4.40. The molecule has 1 aromatic rings. The average molecular weight is 278 g/mol. The number of carbonyl (C=O) groups is 3. The lowest BCUT2D eigenvalue weighted by molar-refractivity contribution is -0.138. The standard InChI is InChI=1S/C14H18N2O4/c1-16(8-7-14(19)20)13(18)10-15-12(17)9-11-5-3-2-4-6-11/h2-6H,7-10H2,1H3,(H,15,17)(H,19,20). The first-order valence-corrected chi connectivity index (χ1v) is 6.25. The fourth-order valence-corrected chi connectivity index (χ4v) is 1.54. The van der Waals surface area contributed by atoms with Gasteiger partial charge in [-0.2, -0.15) is 0 Å². The van der Waals surface area contributed by atoms with E-state index in [0.717, 1.165) is 5.56 Å². The third kappa shape index (κ3) is 5.99. The van der Waals surface area contributed by atoms with E-state index >= 15 is 0 Å². The van der Waals surface area contributed by atoms with E-state index in [2.05, 4.69) is 5.32 Å². The summed E-state index contributed by atoms with van der Waals surface area (Å²) in [5, 5.41) is 11.0. The summed E-state index contributed by atoms with van der Waals surface area (Å²) in [5.41, 5.74) is 0.872. The summed E-state index contributed by atoms with van der Waals surface area (Å²) in [6.45, 7) is 0.00447. The molecule has 0 aliphatic heterocycles. The van der Waals surface area contributed by atoms with E-state index in [1.807, 2.05) is 30.3 Å². The molecule has 0 aromatic heterocycles. The SMILES string of the molecule is CN(CCC(=O)O)C(=O)CNC(=O)Cc1ccccc1. The van der Waals surface area contributed by atoms with Crippen molar-refractivity contribution < 1.29 is 19.5 Å². The minimum absolute atomic E-state index is 0.111. The van der Waals surface area contributed by atoms with E-state index in [9.17, 15) is 14.4 Å². The third-order valence-corrected chi connectivity index (χ3v) is 2.73. The summed E-state index contributed by atoms with van der Waals surface area (Å²) >= 11 is 0. The van der Waals surface area contributed by atoms with Gasteiger partial charge >= 0.3 is 5.97 Å². The van der Waals surface area contributed by atoms with E-state index in [-0.39, 0.29) is 37.7 Å². The number of likely N-dealkylation sites (N-methyl/N-ethyl adjacent to an activating group) is 1. The first-order valence-electron chi connectivity index (χ1n) is 6.25. The number of amides is 2. The van der Waals surface area contributed by atoms with Gasteiger partial charge in [0.1, 0.15) is 0 Å². The predicted octanol–water partition coefficient (Wildman–Crippen LogP) is 0.278. The molecule has 0 fully saturated rings. The Morgan fingerprint density at radius 3 is 2.45 bits per heavy atom. The van der Waals surface area contributed by atoms with Crippen LogP contribution in [0.5, 0.6) is 0 Å². The summed E-state index contributed by atoms with van der Waals surface area (Å²) in [5.74, 6) is -1.51. The predicted molar refractivity (Wildman–Crippen MR) is 73.0 cm³/mol. The molecule has 0 radical (unpaired) electrons. The third-order valence-electron chi connectivity index (χ3n) is 2.73. The van der Waals surface area contributed by atoms with E-state index in [4.69, 9.17) is 5.11 Å². The monoisotopic (exact) mass is 278 g/mol. The van der Waals surface area contributed by atoms with Crippen molar-refractivity contribution in [3.63, 3.8) is 0 Å². The first-order chi connectivity index (χ1) is 9.49. The molecule has 0 aliphatic carbocycles. The van der Waals surface area contributed by atoms with Crippen molar-refractivity contribution in [2.75, 3.05) is 20.1 Å². The molecule has 0 atom stereocenters. The molecule has 6 heteroatoms. The molecule has 0 aliphatic rings. The van der Waals surface area contributed by atoms with E-state index < -0.39 is 5.97 Å². The quantitative estimate of drug-likeness (QED) is 0.750. The Hall–Kier alpha value is -2.37. The summed E-state index contributed by atoms with van der Waals surface area (Å²) in [4.78, 5) is 34.9. The highest BCUT2D eigenvalue weighted by molar-refractivity contribution is 5.85. The van der Waals surface area contributed by atoms with E-state index in [1.165, 1.54) is 11.9 Å². The number of carbonyl (C=O) groups excluding carboxylic acids is 2. The van der Waals surface area contributed by atoms with Crippen molar-refractivity contribution in [2.24, 2.45) is 0 Å². The zero-order valence-corrected chi connectivity index (χ0v) is 11.3. The molecule has 0 spiro atoms. The molecule has 2 N–H and O–H groups in total. The summed E-state index contributed by atoms with van der Waals surface area (Å²) in [6.07, 6.45) is 0.104. The Morgan fingerprint density at radius 2 is 1.85 bits per heavy atom. The van der Waals surface area contributed by atoms with Crippen molar-refractivity contribution in [1.82, 2.24) is 10.2 Å². The fraction of sp³-hybridized carbons (Fsp3) is 0.357. The Kier molecular flexibility index (Phi) is 6.22. The molecule has 1 rings (SSSR count). The van der Waals surface area contributed by atoms with Gasteiger partial charge in [0.05, 0.1) is 19.4 Å². The molecule has 108 valence electrons. The highest BCUT2D eigenvalue weighted by Crippen LogP contribution is 1.99. The van der Waals surface area contributed by atoms with Gasteiger partial charge in [-0.25, -0.2) is 0 Å². The molecule has 2 amide bonds. The van der Waals surface area contributed by atoms with Crippen LogP contribution in [-0.2, 0) is 20.8 Å². The molecular formula is C14H18N2O4. The molecule has 1 aromatic carbocycles. The van der Waals surface area contributed by atoms with Crippen LogP contribution >= 0.6 is 0 Å². The fourth-order valence-electron chi connectivity index (χ4n) is 1.54. The average Bonchev–Trinajstić information content (AvgIpc) is 2.43. The number of hydrogen-bond acceptors (Lipinski definition) is 3. The maximum atomic E-state index is 11.6. The molecule has 20 heavy (non-hydrogen) atoms. The topological polar surface area (TPSA) is 86.7 Å². The number of carboxylic acids is 1. The highest BCUT2D eigenvalue weighted by atomic mass is 16.4. The summed E-state index contributed by atoms with van der Waals surface area (Å²) < 4.78 is 0. The minimum atomic E-state index is -0.960. The van der Waals surface area contributed by atoms with Crippen LogP contribution in [-0.4, -0.2) is 47.9 Å². The van der Waals surface area contributed by atoms with Crippen LogP contribution in [0.4, 0.5) is 0 Å². The minimum Gasteiger partial charge on any atom is -0.481 e. The number of nitrogens with zero attached hydrogens (tertiary/aromatic N) is 1. The van der Waals surface area contributed by atoms with Crippen molar-refractivity contribution >= 4 is 17.8 Å². The second-order valence-electron chi connectivity index (χ2n) is 4.40. The number of aliphatic carboxylic acids is 1. The van der Waals surface area contributed by atoms with Crippen LogP contribution in [0.1, 0.15) is 12.0 Å². The molecule has 0 saturated heterocycles. The molecule has 0 saturated carbocycles. The largest absolute Gasteiger partial charge is 0.481 e. The van der Waals surface area contributed by atoms with Crippen LogP contribution in [0.2, 0.25) is 0 Å². The molecule has 0 heterocycles. The normalized spacial score (nSPS) is 9.85. The molecule has 0 unspecified atom stereocenters. The smallest absolute Gasteiger partial charge is 0.305 e. The summed E-state index contributed by atoms with van der Waals surface area (Å²) in [6, 6.07) is 9.21. The molecule has 0 bridgehead atoms. The van der Waals surface area contributed by atoms with Gasteiger partial charge in [-0.3, -0.25) is 14.4 Å². The van der Waals surface area contributed by atoms with Crippen molar-refractivity contribution in [3.8, 4) is 0 Å². The van der Waals surface area contributed by atoms with Gasteiger partial charge in [0, 0.05) is 13.6 Å². The van der Waals surface area contributed by atoms with Crippen LogP contribution in [0.3, 0.4) is 0 Å². The Balaban J connectivity index is 2.30. The van der Waals surface area contributed by atoms with Gasteiger partial charge in [0.15, 0.2) is 0 Å². The van der Waals surface area contributed by atoms with Gasteiger partial charge in [0.2, 0.25) is 11.8 Å². The Labute approximate surface area is 117 Å². The van der Waals surface area contributed by atoms with Gasteiger partial charge in [-0.15, -0.1) is 0 Å². The maximum absolute atomic E-state index is 11.6. The lowest BCUT2D eigenvalue weighted by Gasteiger charge is -2.16.